The van der Waals surface area contributed by atoms with Gasteiger partial charge in [0.15, 0.2) is 0 Å². The van der Waals surface area contributed by atoms with Crippen LogP contribution in [0.25, 0.3) is 0 Å². The summed E-state index contributed by atoms with van der Waals surface area (Å²) in [6, 6.07) is 0. The zero-order valence-electron chi connectivity index (χ0n) is 14.6. The van der Waals surface area contributed by atoms with Crippen LogP contribution < -0.4 is 0 Å². The predicted octanol–water partition coefficient (Wildman–Crippen LogP) is 5.22. The highest BCUT2D eigenvalue weighted by atomic mass is 17.1. The van der Waals surface area contributed by atoms with Crippen molar-refractivity contribution in [2.24, 2.45) is 0 Å². The predicted molar refractivity (Wildman–Crippen MR) is 94.2 cm³/mol. The van der Waals surface area contributed by atoms with Gasteiger partial charge < -0.3 is 4.74 Å². The zero-order valence-corrected chi connectivity index (χ0v) is 14.6. The van der Waals surface area contributed by atoms with Crippen LogP contribution in [0.3, 0.4) is 0 Å². The molecule has 0 rings (SSSR count). The third kappa shape index (κ3) is 15.3. The number of unbranched alkanes of at least 4 members (excludes halogenated alkanes) is 5. The van der Waals surface area contributed by atoms with Crippen LogP contribution in [0.1, 0.15) is 64.7 Å². The molecule has 0 fully saturated rings. The Morgan fingerprint density at radius 2 is 1.78 bits per heavy atom. The highest BCUT2D eigenvalue weighted by Crippen LogP contribution is 2.08. The number of esters is 1. The maximum atomic E-state index is 10.9. The molecule has 0 saturated heterocycles. The quantitative estimate of drug-likeness (QED) is 0.119. The fourth-order valence-corrected chi connectivity index (χ4v) is 2.08. The van der Waals surface area contributed by atoms with Crippen molar-refractivity contribution >= 4 is 5.97 Å². The van der Waals surface area contributed by atoms with E-state index in [0.717, 1.165) is 38.5 Å². The number of carbonyl (C=O) groups is 1. The van der Waals surface area contributed by atoms with E-state index in [4.69, 9.17) is 5.26 Å². The molecule has 4 nitrogen and oxygen atoms in total. The van der Waals surface area contributed by atoms with E-state index < -0.39 is 0 Å². The molecule has 0 unspecified atom stereocenters. The lowest BCUT2D eigenvalue weighted by Gasteiger charge is -2.03. The molecule has 0 aromatic rings. The Morgan fingerprint density at radius 1 is 1.04 bits per heavy atom. The van der Waals surface area contributed by atoms with Gasteiger partial charge in [0.2, 0.25) is 0 Å². The molecule has 0 amide bonds. The van der Waals surface area contributed by atoms with Crippen LogP contribution in [0.2, 0.25) is 0 Å². The van der Waals surface area contributed by atoms with E-state index in [-0.39, 0.29) is 12.1 Å². The first-order chi connectivity index (χ1) is 11.2. The summed E-state index contributed by atoms with van der Waals surface area (Å²) in [7, 11) is 1.43. The van der Waals surface area contributed by atoms with E-state index in [2.05, 4.69) is 28.7 Å². The SMILES string of the molecule is CC/C=C\C[C@@H](/C=C/C=C\CCCCCCCC(=O)OC)OO. The summed E-state index contributed by atoms with van der Waals surface area (Å²) in [4.78, 5) is 15.3. The number of rotatable bonds is 14. The molecule has 0 heterocycles. The maximum Gasteiger partial charge on any atom is 0.305 e. The van der Waals surface area contributed by atoms with Gasteiger partial charge in [-0.05, 0) is 32.1 Å². The minimum Gasteiger partial charge on any atom is -0.469 e. The zero-order chi connectivity index (χ0) is 17.2. The molecule has 0 spiro atoms. The molecule has 0 aliphatic carbocycles. The summed E-state index contributed by atoms with van der Waals surface area (Å²) < 4.78 is 4.60. The van der Waals surface area contributed by atoms with Gasteiger partial charge in [-0.3, -0.25) is 10.1 Å². The van der Waals surface area contributed by atoms with Crippen molar-refractivity contribution in [1.82, 2.24) is 0 Å². The Labute approximate surface area is 140 Å². The molecule has 4 heteroatoms. The van der Waals surface area contributed by atoms with E-state index in [9.17, 15) is 4.79 Å². The van der Waals surface area contributed by atoms with Crippen molar-refractivity contribution in [3.05, 3.63) is 36.5 Å². The van der Waals surface area contributed by atoms with Gasteiger partial charge in [-0.15, -0.1) is 0 Å². The van der Waals surface area contributed by atoms with Crippen LogP contribution in [0.15, 0.2) is 36.5 Å². The summed E-state index contributed by atoms with van der Waals surface area (Å²) in [5.74, 6) is -0.116. The molecule has 132 valence electrons. The van der Waals surface area contributed by atoms with Gasteiger partial charge in [0.05, 0.1) is 7.11 Å². The monoisotopic (exact) mass is 324 g/mol. The van der Waals surface area contributed by atoms with Crippen LogP contribution in [0.4, 0.5) is 0 Å². The Bertz CT molecular complexity index is 358. The number of ether oxygens (including phenoxy) is 1. The minimum absolute atomic E-state index is 0.116. The van der Waals surface area contributed by atoms with Gasteiger partial charge in [0.1, 0.15) is 6.10 Å². The first kappa shape index (κ1) is 21.6. The molecule has 0 bridgehead atoms. The molecular weight excluding hydrogens is 292 g/mol. The van der Waals surface area contributed by atoms with E-state index in [1.165, 1.54) is 13.5 Å². The molecule has 0 saturated carbocycles. The second-order valence-electron chi connectivity index (χ2n) is 5.45. The fraction of sp³-hybridized carbons (Fsp3) is 0.632. The molecule has 0 aliphatic rings. The summed E-state index contributed by atoms with van der Waals surface area (Å²) in [6.45, 7) is 2.07. The molecule has 1 atom stereocenters. The van der Waals surface area contributed by atoms with Crippen molar-refractivity contribution in [1.29, 1.82) is 0 Å². The normalized spacial score (nSPS) is 13.3. The maximum absolute atomic E-state index is 10.9. The highest BCUT2D eigenvalue weighted by molar-refractivity contribution is 5.68. The summed E-state index contributed by atoms with van der Waals surface area (Å²) in [6.07, 6.45) is 20.4. The number of hydrogen-bond donors (Lipinski definition) is 1. The summed E-state index contributed by atoms with van der Waals surface area (Å²) >= 11 is 0. The van der Waals surface area contributed by atoms with Gasteiger partial charge in [0, 0.05) is 6.42 Å². The van der Waals surface area contributed by atoms with Crippen LogP contribution >= 0.6 is 0 Å². The smallest absolute Gasteiger partial charge is 0.305 e. The third-order valence-electron chi connectivity index (χ3n) is 3.46. The molecule has 0 radical (unpaired) electrons. The van der Waals surface area contributed by atoms with E-state index >= 15 is 0 Å². The molecule has 1 N–H and O–H groups in total. The average molecular weight is 324 g/mol. The molecule has 0 aromatic heterocycles. The first-order valence-electron chi connectivity index (χ1n) is 8.60. The van der Waals surface area contributed by atoms with E-state index in [1.54, 1.807) is 0 Å². The minimum atomic E-state index is -0.280. The molecule has 23 heavy (non-hydrogen) atoms. The highest BCUT2D eigenvalue weighted by Gasteiger charge is 2.00. The second-order valence-corrected chi connectivity index (χ2v) is 5.45. The van der Waals surface area contributed by atoms with Gasteiger partial charge in [-0.25, -0.2) is 4.89 Å². The standard InChI is InChI=1S/C19H32O4/c1-3-4-12-15-18(23-21)16-13-10-8-6-5-7-9-11-14-17-19(20)22-2/h4,8,10,12-13,16,18,21H,3,5-7,9,11,14-15,17H2,1-2H3/b10-8-,12-4-,16-13+/t18-/m0/s1. The number of carbonyl (C=O) groups excluding carboxylic acids is 1. The Kier molecular flexibility index (Phi) is 15.9. The summed E-state index contributed by atoms with van der Waals surface area (Å²) in [5.41, 5.74) is 0. The topological polar surface area (TPSA) is 55.8 Å². The van der Waals surface area contributed by atoms with Gasteiger partial charge in [-0.1, -0.05) is 62.6 Å². The second kappa shape index (κ2) is 17.0. The van der Waals surface area contributed by atoms with Crippen molar-refractivity contribution in [3.63, 3.8) is 0 Å². The van der Waals surface area contributed by atoms with Crippen molar-refractivity contribution in [2.75, 3.05) is 7.11 Å². The van der Waals surface area contributed by atoms with Crippen LogP contribution in [-0.2, 0) is 14.4 Å². The third-order valence-corrected chi connectivity index (χ3v) is 3.46. The molecule has 0 aromatic carbocycles. The van der Waals surface area contributed by atoms with E-state index in [1.807, 2.05) is 24.3 Å². The van der Waals surface area contributed by atoms with Gasteiger partial charge in [0.25, 0.3) is 0 Å². The van der Waals surface area contributed by atoms with Crippen molar-refractivity contribution in [2.45, 2.75) is 70.8 Å². The average Bonchev–Trinajstić information content (AvgIpc) is 2.57. The molecular formula is C19H32O4. The van der Waals surface area contributed by atoms with Crippen molar-refractivity contribution in [3.8, 4) is 0 Å². The first-order valence-corrected chi connectivity index (χ1v) is 8.60. The van der Waals surface area contributed by atoms with Crippen molar-refractivity contribution < 1.29 is 19.7 Å². The van der Waals surface area contributed by atoms with Crippen LogP contribution in [-0.4, -0.2) is 24.4 Å². The largest absolute Gasteiger partial charge is 0.469 e. The Hall–Kier alpha value is -1.39. The number of allylic oxidation sites excluding steroid dienone is 4. The van der Waals surface area contributed by atoms with Gasteiger partial charge >= 0.3 is 5.97 Å². The van der Waals surface area contributed by atoms with Crippen LogP contribution in [0.5, 0.6) is 0 Å². The van der Waals surface area contributed by atoms with E-state index in [0.29, 0.717) is 12.8 Å². The van der Waals surface area contributed by atoms with Gasteiger partial charge in [-0.2, -0.15) is 0 Å². The number of hydrogen-bond acceptors (Lipinski definition) is 4. The Morgan fingerprint density at radius 3 is 2.48 bits per heavy atom. The lowest BCUT2D eigenvalue weighted by atomic mass is 10.1. The lowest BCUT2D eigenvalue weighted by Crippen LogP contribution is -2.04. The number of methoxy groups -OCH3 is 1. The van der Waals surface area contributed by atoms with Crippen LogP contribution in [0, 0.1) is 0 Å². The lowest BCUT2D eigenvalue weighted by molar-refractivity contribution is -0.264. The Balaban J connectivity index is 3.57. The summed E-state index contributed by atoms with van der Waals surface area (Å²) in [5, 5.41) is 8.78. The molecule has 0 aliphatic heterocycles. The fourth-order valence-electron chi connectivity index (χ4n) is 2.08.